The summed E-state index contributed by atoms with van der Waals surface area (Å²) in [6.07, 6.45) is 6.30. The number of nitrogens with zero attached hydrogens (tertiary/aromatic N) is 5. The van der Waals surface area contributed by atoms with Crippen molar-refractivity contribution in [3.8, 4) is 0 Å². The zero-order valence-electron chi connectivity index (χ0n) is 21.3. The molecule has 0 spiro atoms. The lowest BCUT2D eigenvalue weighted by molar-refractivity contribution is -0.129. The fraction of sp³-hybridized carbons (Fsp3) is 0.379. The van der Waals surface area contributed by atoms with Gasteiger partial charge in [-0.2, -0.15) is 0 Å². The Morgan fingerprint density at radius 2 is 1.46 bits per heavy atom. The monoisotopic (exact) mass is 498 g/mol. The minimum atomic E-state index is -0.661. The number of carbonyl (C=O) groups excluding carboxylic acids is 2. The number of rotatable bonds is 5. The molecule has 8 nitrogen and oxygen atoms in total. The van der Waals surface area contributed by atoms with Crippen molar-refractivity contribution in [2.75, 3.05) is 44.2 Å². The fourth-order valence-corrected chi connectivity index (χ4v) is 5.42. The summed E-state index contributed by atoms with van der Waals surface area (Å²) in [4.78, 5) is 41.7. The Bertz CT molecular complexity index is 1170. The van der Waals surface area contributed by atoms with Crippen molar-refractivity contribution in [2.45, 2.75) is 31.2 Å². The van der Waals surface area contributed by atoms with E-state index in [-0.39, 0.29) is 18.0 Å². The smallest absolute Gasteiger partial charge is 0.320 e. The van der Waals surface area contributed by atoms with Crippen LogP contribution in [-0.4, -0.2) is 71.0 Å². The molecule has 0 unspecified atom stereocenters. The van der Waals surface area contributed by atoms with Crippen LogP contribution >= 0.6 is 0 Å². The second-order valence-electron chi connectivity index (χ2n) is 9.86. The van der Waals surface area contributed by atoms with Gasteiger partial charge in [-0.3, -0.25) is 9.78 Å². The first-order chi connectivity index (χ1) is 18.1. The molecule has 192 valence electrons. The lowest BCUT2D eigenvalue weighted by atomic mass is 9.71. The number of nitrogens with one attached hydrogen (secondary N) is 1. The summed E-state index contributed by atoms with van der Waals surface area (Å²) in [7, 11) is 0. The lowest BCUT2D eigenvalue weighted by Gasteiger charge is -2.44. The molecule has 1 aromatic heterocycles. The highest BCUT2D eigenvalue weighted by molar-refractivity contribution is 5.89. The van der Waals surface area contributed by atoms with Crippen LogP contribution in [0.4, 0.5) is 10.6 Å². The number of aromatic nitrogens is 2. The van der Waals surface area contributed by atoms with Gasteiger partial charge in [0.05, 0.1) is 17.7 Å². The molecule has 3 aromatic rings. The summed E-state index contributed by atoms with van der Waals surface area (Å²) in [5.74, 6) is 0.871. The molecule has 0 saturated carbocycles. The molecule has 2 aromatic carbocycles. The maximum Gasteiger partial charge on any atom is 0.320 e. The van der Waals surface area contributed by atoms with Crippen molar-refractivity contribution in [1.29, 1.82) is 0 Å². The Kier molecular flexibility index (Phi) is 7.35. The van der Waals surface area contributed by atoms with Crippen LogP contribution in [-0.2, 0) is 10.2 Å². The highest BCUT2D eigenvalue weighted by Gasteiger charge is 2.44. The number of likely N-dealkylation sites (tertiary alicyclic amines) is 1. The first-order valence-corrected chi connectivity index (χ1v) is 13.0. The molecule has 1 atom stereocenters. The quantitative estimate of drug-likeness (QED) is 0.581. The van der Waals surface area contributed by atoms with Gasteiger partial charge < -0.3 is 20.0 Å². The molecule has 3 heterocycles. The van der Waals surface area contributed by atoms with Crippen molar-refractivity contribution in [2.24, 2.45) is 0 Å². The molecule has 2 fully saturated rings. The second-order valence-corrected chi connectivity index (χ2v) is 9.86. The molecule has 0 radical (unpaired) electrons. The first-order valence-electron chi connectivity index (χ1n) is 13.0. The predicted molar refractivity (Wildman–Crippen MR) is 143 cm³/mol. The SMILES string of the molecule is C[C@H](NC(=O)C1(c2ccccc2)CCN(C(=O)N2CCN(c3cnccn3)CC2)CC1)c1ccccc1. The van der Waals surface area contributed by atoms with Crippen LogP contribution in [0, 0.1) is 0 Å². The van der Waals surface area contributed by atoms with Crippen LogP contribution in [0.1, 0.15) is 36.9 Å². The number of hydrogen-bond acceptors (Lipinski definition) is 5. The van der Waals surface area contributed by atoms with E-state index in [0.29, 0.717) is 39.0 Å². The average Bonchev–Trinajstić information content (AvgIpc) is 2.98. The van der Waals surface area contributed by atoms with Crippen LogP contribution in [0.25, 0.3) is 0 Å². The Morgan fingerprint density at radius 3 is 2.08 bits per heavy atom. The van der Waals surface area contributed by atoms with E-state index in [0.717, 1.165) is 30.0 Å². The van der Waals surface area contributed by atoms with E-state index in [4.69, 9.17) is 0 Å². The third-order valence-corrected chi connectivity index (χ3v) is 7.72. The Hall–Kier alpha value is -3.94. The molecular formula is C29H34N6O2. The van der Waals surface area contributed by atoms with Crippen molar-refractivity contribution >= 4 is 17.8 Å². The highest BCUT2D eigenvalue weighted by atomic mass is 16.2. The molecule has 0 aliphatic carbocycles. The van der Waals surface area contributed by atoms with Gasteiger partial charge in [-0.05, 0) is 30.9 Å². The Morgan fingerprint density at radius 1 is 0.838 bits per heavy atom. The standard InChI is InChI=1S/C29H34N6O2/c1-23(24-8-4-2-5-9-24)32-27(36)29(25-10-6-3-7-11-25)12-16-34(17-13-29)28(37)35-20-18-33(19-21-35)26-22-30-14-15-31-26/h2-11,14-15,22-23H,12-13,16-21H2,1H3,(H,32,36)/t23-/m0/s1. The summed E-state index contributed by atoms with van der Waals surface area (Å²) >= 11 is 0. The van der Waals surface area contributed by atoms with E-state index < -0.39 is 5.41 Å². The van der Waals surface area contributed by atoms with Gasteiger partial charge in [-0.25, -0.2) is 9.78 Å². The molecule has 3 amide bonds. The minimum Gasteiger partial charge on any atom is -0.352 e. The summed E-state index contributed by atoms with van der Waals surface area (Å²) < 4.78 is 0. The molecule has 2 aliphatic rings. The van der Waals surface area contributed by atoms with Gasteiger partial charge in [0.25, 0.3) is 0 Å². The summed E-state index contributed by atoms with van der Waals surface area (Å²) in [6.45, 7) is 5.86. The number of carbonyl (C=O) groups is 2. The van der Waals surface area contributed by atoms with Crippen molar-refractivity contribution in [3.63, 3.8) is 0 Å². The zero-order chi connectivity index (χ0) is 25.7. The summed E-state index contributed by atoms with van der Waals surface area (Å²) in [5, 5.41) is 3.26. The number of urea groups is 1. The average molecular weight is 499 g/mol. The number of amides is 3. The van der Waals surface area contributed by atoms with E-state index in [1.807, 2.05) is 77.4 Å². The highest BCUT2D eigenvalue weighted by Crippen LogP contribution is 2.37. The molecule has 2 aliphatic heterocycles. The Balaban J connectivity index is 1.24. The topological polar surface area (TPSA) is 81.7 Å². The van der Waals surface area contributed by atoms with Crippen molar-refractivity contribution in [1.82, 2.24) is 25.1 Å². The fourth-order valence-electron chi connectivity index (χ4n) is 5.42. The van der Waals surface area contributed by atoms with Crippen LogP contribution in [0.15, 0.2) is 79.3 Å². The van der Waals surface area contributed by atoms with Gasteiger partial charge in [0, 0.05) is 51.7 Å². The normalized spacial score (nSPS) is 18.2. The van der Waals surface area contributed by atoms with Crippen LogP contribution in [0.2, 0.25) is 0 Å². The molecule has 1 N–H and O–H groups in total. The third kappa shape index (κ3) is 5.28. The van der Waals surface area contributed by atoms with Gasteiger partial charge in [-0.15, -0.1) is 0 Å². The van der Waals surface area contributed by atoms with Crippen molar-refractivity contribution < 1.29 is 9.59 Å². The van der Waals surface area contributed by atoms with E-state index in [1.54, 1.807) is 18.6 Å². The lowest BCUT2D eigenvalue weighted by Crippen LogP contribution is -2.57. The predicted octanol–water partition coefficient (Wildman–Crippen LogP) is 3.63. The van der Waals surface area contributed by atoms with Crippen LogP contribution in [0.3, 0.4) is 0 Å². The number of piperidine rings is 1. The zero-order valence-corrected chi connectivity index (χ0v) is 21.3. The number of anilines is 1. The number of benzene rings is 2. The first kappa shape index (κ1) is 24.7. The summed E-state index contributed by atoms with van der Waals surface area (Å²) in [6, 6.07) is 20.0. The van der Waals surface area contributed by atoms with Gasteiger partial charge in [0.15, 0.2) is 0 Å². The number of piperazine rings is 1. The van der Waals surface area contributed by atoms with Crippen LogP contribution in [0.5, 0.6) is 0 Å². The molecule has 2 saturated heterocycles. The van der Waals surface area contributed by atoms with Crippen molar-refractivity contribution in [3.05, 3.63) is 90.4 Å². The van der Waals surface area contributed by atoms with E-state index in [9.17, 15) is 9.59 Å². The largest absolute Gasteiger partial charge is 0.352 e. The van der Waals surface area contributed by atoms with Gasteiger partial charge in [0.1, 0.15) is 5.82 Å². The third-order valence-electron chi connectivity index (χ3n) is 7.72. The molecule has 0 bridgehead atoms. The molecular weight excluding hydrogens is 464 g/mol. The van der Waals surface area contributed by atoms with E-state index in [1.165, 1.54) is 0 Å². The van der Waals surface area contributed by atoms with E-state index >= 15 is 0 Å². The van der Waals surface area contributed by atoms with Crippen LogP contribution < -0.4 is 10.2 Å². The molecule has 8 heteroatoms. The molecule has 5 rings (SSSR count). The van der Waals surface area contributed by atoms with Gasteiger partial charge in [-0.1, -0.05) is 60.7 Å². The Labute approximate surface area is 218 Å². The van der Waals surface area contributed by atoms with E-state index in [2.05, 4.69) is 20.2 Å². The maximum atomic E-state index is 13.8. The second kappa shape index (κ2) is 11.0. The molecule has 37 heavy (non-hydrogen) atoms. The maximum absolute atomic E-state index is 13.8. The minimum absolute atomic E-state index is 0.0275. The number of hydrogen-bond donors (Lipinski definition) is 1. The van der Waals surface area contributed by atoms with Gasteiger partial charge in [0.2, 0.25) is 5.91 Å². The van der Waals surface area contributed by atoms with Gasteiger partial charge >= 0.3 is 6.03 Å². The summed E-state index contributed by atoms with van der Waals surface area (Å²) in [5.41, 5.74) is 1.43.